The molecule has 0 bridgehead atoms. The van der Waals surface area contributed by atoms with Crippen molar-refractivity contribution in [3.8, 4) is 11.8 Å². The number of hydrogen-bond donors (Lipinski definition) is 4. The van der Waals surface area contributed by atoms with Gasteiger partial charge in [-0.25, -0.2) is 15.2 Å². The van der Waals surface area contributed by atoms with Gasteiger partial charge < -0.3 is 20.5 Å². The van der Waals surface area contributed by atoms with E-state index in [2.05, 4.69) is 37.7 Å². The molecule has 0 radical (unpaired) electrons. The van der Waals surface area contributed by atoms with Gasteiger partial charge in [0.2, 0.25) is 0 Å². The van der Waals surface area contributed by atoms with Crippen LogP contribution in [0.3, 0.4) is 0 Å². The topological polar surface area (TPSA) is 145 Å². The van der Waals surface area contributed by atoms with Gasteiger partial charge >= 0.3 is 6.09 Å². The van der Waals surface area contributed by atoms with Gasteiger partial charge in [0.15, 0.2) is 0 Å². The summed E-state index contributed by atoms with van der Waals surface area (Å²) in [6.45, 7) is 13.4. The van der Waals surface area contributed by atoms with Crippen molar-refractivity contribution in [1.82, 2.24) is 21.2 Å². The number of nitrogens with two attached hydrogens (primary N) is 1. The number of amides is 2. The Kier molecular flexibility index (Phi) is 11.9. The molecule has 1 aliphatic rings. The Bertz CT molecular complexity index is 1180. The predicted molar refractivity (Wildman–Crippen MR) is 151 cm³/mol. The monoisotopic (exact) mass is 557 g/mol. The fourth-order valence-electron chi connectivity index (χ4n) is 3.39. The molecule has 10 nitrogen and oxygen atoms in total. The molecule has 1 aromatic carbocycles. The minimum atomic E-state index is -0.737. The quantitative estimate of drug-likeness (QED) is 0.254. The van der Waals surface area contributed by atoms with Crippen LogP contribution in [0.5, 0.6) is 0 Å². The van der Waals surface area contributed by atoms with E-state index >= 15 is 0 Å². The van der Waals surface area contributed by atoms with Crippen LogP contribution in [-0.4, -0.2) is 47.7 Å². The molecule has 11 heteroatoms. The first-order valence-corrected chi connectivity index (χ1v) is 13.6. The van der Waals surface area contributed by atoms with Crippen LogP contribution in [0.4, 0.5) is 4.79 Å². The zero-order valence-electron chi connectivity index (χ0n) is 23.5. The lowest BCUT2D eigenvalue weighted by molar-refractivity contribution is -0.138. The molecule has 5 N–H and O–H groups in total. The molecule has 0 atom stereocenters. The molecule has 1 saturated heterocycles. The molecule has 0 unspecified atom stereocenters. The van der Waals surface area contributed by atoms with Crippen molar-refractivity contribution < 1.29 is 23.9 Å². The third kappa shape index (κ3) is 11.9. The Morgan fingerprint density at radius 1 is 1.13 bits per heavy atom. The van der Waals surface area contributed by atoms with E-state index < -0.39 is 17.6 Å². The van der Waals surface area contributed by atoms with Crippen LogP contribution in [0, 0.1) is 11.8 Å². The van der Waals surface area contributed by atoms with Crippen molar-refractivity contribution in [2.45, 2.75) is 78.0 Å². The second-order valence-corrected chi connectivity index (χ2v) is 11.7. The second-order valence-electron chi connectivity index (χ2n) is 10.8. The highest BCUT2D eigenvalue weighted by Crippen LogP contribution is 2.27. The molecule has 0 aliphatic carbocycles. The lowest BCUT2D eigenvalue weighted by atomic mass is 9.99. The molecule has 2 aromatic rings. The Morgan fingerprint density at radius 3 is 2.38 bits per heavy atom. The fraction of sp³-hybridized carbons (Fsp3) is 0.500. The molecule has 2 heterocycles. The standard InChI is InChI=1S/C23H29N5O3S.C5H10O2/c1-23(2,3)31-22(30)28-27-20(29)17-5-4-15(18(12-17)13-24)6-7-19-14-32-21(26-19)16-8-10-25-11-9-16;1-5(2,3)7-4-6/h4-5,12,14,16,25H,8-11,13,24H2,1-3H3,(H,27,29)(H,28,30);4H,1-3H3. The van der Waals surface area contributed by atoms with Crippen LogP contribution >= 0.6 is 11.3 Å². The highest BCUT2D eigenvalue weighted by Gasteiger charge is 2.19. The van der Waals surface area contributed by atoms with E-state index in [1.807, 2.05) is 26.2 Å². The van der Waals surface area contributed by atoms with Gasteiger partial charge in [0.05, 0.1) is 5.01 Å². The number of thiazole rings is 1. The van der Waals surface area contributed by atoms with Crippen molar-refractivity contribution in [3.05, 3.63) is 51.0 Å². The van der Waals surface area contributed by atoms with Crippen molar-refractivity contribution in [1.29, 1.82) is 0 Å². The molecular formula is C28H39N5O5S. The Balaban J connectivity index is 0.000000673. The maximum atomic E-state index is 12.4. The van der Waals surface area contributed by atoms with E-state index in [4.69, 9.17) is 10.5 Å². The van der Waals surface area contributed by atoms with Crippen molar-refractivity contribution >= 4 is 29.8 Å². The SMILES string of the molecule is CC(C)(C)OC(=O)NNC(=O)c1ccc(C#Cc2csc(C3CCNCC3)n2)c(CN)c1.CC(C)(C)OC=O. The lowest BCUT2D eigenvalue weighted by Gasteiger charge is -2.20. The van der Waals surface area contributed by atoms with Crippen molar-refractivity contribution in [3.63, 3.8) is 0 Å². The predicted octanol–water partition coefficient (Wildman–Crippen LogP) is 3.60. The van der Waals surface area contributed by atoms with E-state index in [0.29, 0.717) is 18.0 Å². The van der Waals surface area contributed by atoms with Crippen molar-refractivity contribution in [2.75, 3.05) is 13.1 Å². The maximum absolute atomic E-state index is 12.4. The van der Waals surface area contributed by atoms with Crippen LogP contribution in [-0.2, 0) is 20.8 Å². The largest absolute Gasteiger partial charge is 0.462 e. The zero-order valence-corrected chi connectivity index (χ0v) is 24.3. The summed E-state index contributed by atoms with van der Waals surface area (Å²) in [5.74, 6) is 6.26. The Labute approximate surface area is 234 Å². The van der Waals surface area contributed by atoms with E-state index in [1.54, 1.807) is 50.3 Å². The molecule has 1 aliphatic heterocycles. The molecule has 2 amide bonds. The summed E-state index contributed by atoms with van der Waals surface area (Å²) in [6.07, 6.45) is 1.47. The molecule has 0 saturated carbocycles. The molecule has 39 heavy (non-hydrogen) atoms. The molecule has 212 valence electrons. The number of piperidine rings is 1. The number of aromatic nitrogens is 1. The number of hydrogen-bond acceptors (Lipinski definition) is 9. The lowest BCUT2D eigenvalue weighted by Crippen LogP contribution is -2.44. The number of benzene rings is 1. The first kappa shape index (κ1) is 31.8. The number of carbonyl (C=O) groups excluding carboxylic acids is 3. The third-order valence-electron chi connectivity index (χ3n) is 5.20. The first-order valence-electron chi connectivity index (χ1n) is 12.7. The van der Waals surface area contributed by atoms with Crippen LogP contribution in [0.1, 0.15) is 92.5 Å². The van der Waals surface area contributed by atoms with Crippen LogP contribution in [0.15, 0.2) is 23.6 Å². The zero-order chi connectivity index (χ0) is 29.1. The third-order valence-corrected chi connectivity index (χ3v) is 6.21. The summed E-state index contributed by atoms with van der Waals surface area (Å²) in [7, 11) is 0. The smallest absolute Gasteiger partial charge is 0.426 e. The average molecular weight is 558 g/mol. The highest BCUT2D eigenvalue weighted by molar-refractivity contribution is 7.09. The fourth-order valence-corrected chi connectivity index (χ4v) is 4.31. The van der Waals surface area contributed by atoms with Crippen LogP contribution in [0.25, 0.3) is 0 Å². The maximum Gasteiger partial charge on any atom is 0.426 e. The first-order chi connectivity index (χ1) is 18.3. The summed E-state index contributed by atoms with van der Waals surface area (Å²) < 4.78 is 9.64. The molecule has 0 spiro atoms. The molecular weight excluding hydrogens is 518 g/mol. The van der Waals surface area contributed by atoms with Gasteiger partial charge in [-0.15, -0.1) is 11.3 Å². The van der Waals surface area contributed by atoms with Crippen LogP contribution in [0.2, 0.25) is 0 Å². The highest BCUT2D eigenvalue weighted by atomic mass is 32.1. The summed E-state index contributed by atoms with van der Waals surface area (Å²) in [4.78, 5) is 38.3. The second kappa shape index (κ2) is 14.6. The van der Waals surface area contributed by atoms with Gasteiger partial charge in [-0.05, 0) is 97.2 Å². The number of carbonyl (C=O) groups is 3. The molecule has 1 aromatic heterocycles. The number of rotatable bonds is 4. The van der Waals surface area contributed by atoms with Gasteiger partial charge in [-0.3, -0.25) is 15.0 Å². The van der Waals surface area contributed by atoms with E-state index in [1.165, 1.54) is 0 Å². The minimum Gasteiger partial charge on any atom is -0.462 e. The summed E-state index contributed by atoms with van der Waals surface area (Å²) in [5, 5.41) is 6.49. The van der Waals surface area contributed by atoms with Gasteiger partial charge in [-0.1, -0.05) is 5.92 Å². The summed E-state index contributed by atoms with van der Waals surface area (Å²) >= 11 is 1.65. The van der Waals surface area contributed by atoms with Gasteiger partial charge in [-0.2, -0.15) is 0 Å². The average Bonchev–Trinajstić information content (AvgIpc) is 3.34. The Morgan fingerprint density at radius 2 is 1.82 bits per heavy atom. The Hall–Kier alpha value is -3.46. The number of nitrogens with zero attached hydrogens (tertiary/aromatic N) is 1. The molecule has 1 fully saturated rings. The van der Waals surface area contributed by atoms with E-state index in [9.17, 15) is 14.4 Å². The van der Waals surface area contributed by atoms with E-state index in [-0.39, 0.29) is 12.1 Å². The number of hydrazine groups is 1. The van der Waals surface area contributed by atoms with Gasteiger partial charge in [0, 0.05) is 29.0 Å². The van der Waals surface area contributed by atoms with Gasteiger partial charge in [0.1, 0.15) is 16.9 Å². The minimum absolute atomic E-state index is 0.224. The number of nitrogens with one attached hydrogen (secondary N) is 3. The van der Waals surface area contributed by atoms with Crippen LogP contribution < -0.4 is 21.9 Å². The molecule has 3 rings (SSSR count). The van der Waals surface area contributed by atoms with Crippen molar-refractivity contribution in [2.24, 2.45) is 5.73 Å². The van der Waals surface area contributed by atoms with E-state index in [0.717, 1.165) is 47.8 Å². The summed E-state index contributed by atoms with van der Waals surface area (Å²) in [6, 6.07) is 5.05. The summed E-state index contributed by atoms with van der Waals surface area (Å²) in [5.41, 5.74) is 12.0. The van der Waals surface area contributed by atoms with Gasteiger partial charge in [0.25, 0.3) is 12.4 Å². The number of ether oxygens (including phenoxy) is 2. The normalized spacial score (nSPS) is 13.6.